The van der Waals surface area contributed by atoms with E-state index in [0.29, 0.717) is 15.1 Å². The Morgan fingerprint density at radius 2 is 1.72 bits per heavy atom. The fourth-order valence-corrected chi connectivity index (χ4v) is 3.52. The molecule has 0 aliphatic carbocycles. The van der Waals surface area contributed by atoms with Gasteiger partial charge >= 0.3 is 0 Å². The van der Waals surface area contributed by atoms with Gasteiger partial charge in [0.2, 0.25) is 0 Å². The van der Waals surface area contributed by atoms with Crippen molar-refractivity contribution in [3.8, 4) is 0 Å². The zero-order chi connectivity index (χ0) is 17.2. The second-order valence-electron chi connectivity index (χ2n) is 5.56. The van der Waals surface area contributed by atoms with Crippen LogP contribution in [0.15, 0.2) is 76.6 Å². The SMILES string of the molecule is O=C1NC(=Nc2ccc3ccccc3c2)SC1=Cc1ccc(Cl)cc1. The van der Waals surface area contributed by atoms with E-state index in [4.69, 9.17) is 11.6 Å². The van der Waals surface area contributed by atoms with Crippen molar-refractivity contribution in [1.82, 2.24) is 5.32 Å². The van der Waals surface area contributed by atoms with Gasteiger partial charge in [0.25, 0.3) is 5.91 Å². The summed E-state index contributed by atoms with van der Waals surface area (Å²) in [6.07, 6.45) is 1.83. The molecule has 122 valence electrons. The first-order chi connectivity index (χ1) is 12.2. The highest BCUT2D eigenvalue weighted by molar-refractivity contribution is 8.18. The fraction of sp³-hybridized carbons (Fsp3) is 0. The molecule has 0 saturated carbocycles. The number of amides is 1. The molecule has 0 atom stereocenters. The minimum Gasteiger partial charge on any atom is -0.300 e. The molecule has 4 rings (SSSR count). The van der Waals surface area contributed by atoms with E-state index in [2.05, 4.69) is 16.4 Å². The second kappa shape index (κ2) is 6.75. The van der Waals surface area contributed by atoms with Crippen LogP contribution in [0.5, 0.6) is 0 Å². The van der Waals surface area contributed by atoms with Gasteiger partial charge in [0.1, 0.15) is 0 Å². The molecule has 0 bridgehead atoms. The number of halogens is 1. The molecule has 0 radical (unpaired) electrons. The van der Waals surface area contributed by atoms with Crippen molar-refractivity contribution in [2.24, 2.45) is 4.99 Å². The number of aliphatic imine (C=N–C) groups is 1. The number of fused-ring (bicyclic) bond motifs is 1. The van der Waals surface area contributed by atoms with E-state index < -0.39 is 0 Å². The van der Waals surface area contributed by atoms with Crippen molar-refractivity contribution in [3.05, 3.63) is 82.2 Å². The molecule has 5 heteroatoms. The number of rotatable bonds is 2. The Morgan fingerprint density at radius 1 is 0.960 bits per heavy atom. The average molecular weight is 365 g/mol. The summed E-state index contributed by atoms with van der Waals surface area (Å²) in [6, 6.07) is 21.5. The van der Waals surface area contributed by atoms with E-state index in [1.807, 2.05) is 54.6 Å². The second-order valence-corrected chi connectivity index (χ2v) is 7.03. The molecule has 3 nitrogen and oxygen atoms in total. The number of benzene rings is 3. The number of carbonyl (C=O) groups excluding carboxylic acids is 1. The third-order valence-corrected chi connectivity index (χ3v) is 4.94. The normalized spacial score (nSPS) is 17.4. The molecule has 25 heavy (non-hydrogen) atoms. The van der Waals surface area contributed by atoms with E-state index >= 15 is 0 Å². The predicted molar refractivity (Wildman–Crippen MR) is 106 cm³/mol. The van der Waals surface area contributed by atoms with Gasteiger partial charge in [-0.2, -0.15) is 0 Å². The van der Waals surface area contributed by atoms with Gasteiger partial charge in [0.05, 0.1) is 10.6 Å². The predicted octanol–water partition coefficient (Wildman–Crippen LogP) is 5.38. The highest BCUT2D eigenvalue weighted by atomic mass is 35.5. The van der Waals surface area contributed by atoms with Crippen LogP contribution in [0.2, 0.25) is 5.02 Å². The van der Waals surface area contributed by atoms with E-state index in [9.17, 15) is 4.79 Å². The summed E-state index contributed by atoms with van der Waals surface area (Å²) >= 11 is 7.22. The van der Waals surface area contributed by atoms with Gasteiger partial charge in [-0.05, 0) is 58.4 Å². The molecule has 0 unspecified atom stereocenters. The van der Waals surface area contributed by atoms with Gasteiger partial charge in [0, 0.05) is 5.02 Å². The third-order valence-electron chi connectivity index (χ3n) is 3.78. The molecule has 3 aromatic rings. The van der Waals surface area contributed by atoms with Crippen LogP contribution in [0, 0.1) is 0 Å². The molecular formula is C20H13ClN2OS. The quantitative estimate of drug-likeness (QED) is 0.620. The summed E-state index contributed by atoms with van der Waals surface area (Å²) in [6.45, 7) is 0. The van der Waals surface area contributed by atoms with Gasteiger partial charge in [-0.3, -0.25) is 4.79 Å². The monoisotopic (exact) mass is 364 g/mol. The van der Waals surface area contributed by atoms with E-state index in [0.717, 1.165) is 22.0 Å². The van der Waals surface area contributed by atoms with Crippen molar-refractivity contribution in [3.63, 3.8) is 0 Å². The summed E-state index contributed by atoms with van der Waals surface area (Å²) in [4.78, 5) is 17.3. The molecular weight excluding hydrogens is 352 g/mol. The first-order valence-corrected chi connectivity index (χ1v) is 8.91. The zero-order valence-corrected chi connectivity index (χ0v) is 14.6. The summed E-state index contributed by atoms with van der Waals surface area (Å²) in [5, 5.41) is 6.35. The maximum atomic E-state index is 12.2. The Kier molecular flexibility index (Phi) is 4.30. The minimum atomic E-state index is -0.139. The van der Waals surface area contributed by atoms with Crippen LogP contribution in [0.3, 0.4) is 0 Å². The number of hydrogen-bond donors (Lipinski definition) is 1. The Bertz CT molecular complexity index is 1030. The molecule has 0 spiro atoms. The minimum absolute atomic E-state index is 0.139. The van der Waals surface area contributed by atoms with Crippen LogP contribution in [0.4, 0.5) is 5.69 Å². The third kappa shape index (κ3) is 3.60. The number of nitrogens with zero attached hydrogens (tertiary/aromatic N) is 1. The van der Waals surface area contributed by atoms with Crippen molar-refractivity contribution < 1.29 is 4.79 Å². The first kappa shape index (κ1) is 15.9. The number of carbonyl (C=O) groups is 1. The van der Waals surface area contributed by atoms with Crippen LogP contribution in [-0.4, -0.2) is 11.1 Å². The van der Waals surface area contributed by atoms with E-state index in [1.165, 1.54) is 11.8 Å². The molecule has 1 fully saturated rings. The van der Waals surface area contributed by atoms with Gasteiger partial charge in [0.15, 0.2) is 5.17 Å². The van der Waals surface area contributed by atoms with E-state index in [-0.39, 0.29) is 5.91 Å². The smallest absolute Gasteiger partial charge is 0.264 e. The highest BCUT2D eigenvalue weighted by Crippen LogP contribution is 2.29. The van der Waals surface area contributed by atoms with Crippen molar-refractivity contribution in [1.29, 1.82) is 0 Å². The summed E-state index contributed by atoms with van der Waals surface area (Å²) < 4.78 is 0. The first-order valence-electron chi connectivity index (χ1n) is 7.71. The Hall–Kier alpha value is -2.56. The lowest BCUT2D eigenvalue weighted by atomic mass is 10.1. The number of nitrogens with one attached hydrogen (secondary N) is 1. The Morgan fingerprint density at radius 3 is 2.52 bits per heavy atom. The van der Waals surface area contributed by atoms with Gasteiger partial charge in [-0.1, -0.05) is 54.1 Å². The molecule has 1 amide bonds. The highest BCUT2D eigenvalue weighted by Gasteiger charge is 2.23. The van der Waals surface area contributed by atoms with Gasteiger partial charge in [-0.25, -0.2) is 4.99 Å². The lowest BCUT2D eigenvalue weighted by Crippen LogP contribution is -2.19. The lowest BCUT2D eigenvalue weighted by molar-refractivity contribution is -0.115. The van der Waals surface area contributed by atoms with E-state index in [1.54, 1.807) is 12.1 Å². The molecule has 3 aromatic carbocycles. The lowest BCUT2D eigenvalue weighted by Gasteiger charge is -2.00. The van der Waals surface area contributed by atoms with Crippen LogP contribution < -0.4 is 5.32 Å². The Balaban J connectivity index is 1.60. The van der Waals surface area contributed by atoms with Crippen molar-refractivity contribution in [2.75, 3.05) is 0 Å². The van der Waals surface area contributed by atoms with Gasteiger partial charge in [-0.15, -0.1) is 0 Å². The number of amidine groups is 1. The number of hydrogen-bond acceptors (Lipinski definition) is 3. The van der Waals surface area contributed by atoms with Crippen LogP contribution in [0.1, 0.15) is 5.56 Å². The summed E-state index contributed by atoms with van der Waals surface area (Å²) in [7, 11) is 0. The van der Waals surface area contributed by atoms with Crippen molar-refractivity contribution in [2.45, 2.75) is 0 Å². The van der Waals surface area contributed by atoms with Crippen LogP contribution >= 0.6 is 23.4 Å². The zero-order valence-electron chi connectivity index (χ0n) is 13.1. The van der Waals surface area contributed by atoms with Crippen LogP contribution in [0.25, 0.3) is 16.8 Å². The summed E-state index contributed by atoms with van der Waals surface area (Å²) in [5.74, 6) is -0.139. The fourth-order valence-electron chi connectivity index (χ4n) is 2.55. The average Bonchev–Trinajstić information content (AvgIpc) is 2.96. The number of thioether (sulfide) groups is 1. The largest absolute Gasteiger partial charge is 0.300 e. The topological polar surface area (TPSA) is 41.5 Å². The Labute approximate surface area is 154 Å². The van der Waals surface area contributed by atoms with Crippen molar-refractivity contribution >= 4 is 57.0 Å². The molecule has 1 aliphatic heterocycles. The van der Waals surface area contributed by atoms with Gasteiger partial charge < -0.3 is 5.32 Å². The maximum absolute atomic E-state index is 12.2. The maximum Gasteiger partial charge on any atom is 0.264 e. The summed E-state index contributed by atoms with van der Waals surface area (Å²) in [5.41, 5.74) is 1.74. The molecule has 1 heterocycles. The molecule has 1 saturated heterocycles. The molecule has 1 aliphatic rings. The van der Waals surface area contributed by atoms with Crippen LogP contribution in [-0.2, 0) is 4.79 Å². The standard InChI is InChI=1S/C20H13ClN2OS/c21-16-8-5-13(6-9-16)11-18-19(24)23-20(25-18)22-17-10-7-14-3-1-2-4-15(14)12-17/h1-12H,(H,22,23,24). The molecule has 0 aromatic heterocycles. The molecule has 1 N–H and O–H groups in total.